The van der Waals surface area contributed by atoms with Gasteiger partial charge in [0.05, 0.1) is 33.1 Å². The van der Waals surface area contributed by atoms with Gasteiger partial charge in [-0.15, -0.1) is 0 Å². The second-order valence-corrected chi connectivity index (χ2v) is 21.5. The molecule has 1 aliphatic carbocycles. The minimum absolute atomic E-state index is 0.240. The molecule has 82 heavy (non-hydrogen) atoms. The Balaban J connectivity index is 0.950. The zero-order valence-corrected chi connectivity index (χ0v) is 44.4. The van der Waals surface area contributed by atoms with Crippen LogP contribution in [0.5, 0.6) is 0 Å². The fourth-order valence-corrected chi connectivity index (χ4v) is 13.4. The number of nitrogens with zero attached hydrogens (tertiary/aromatic N) is 6. The van der Waals surface area contributed by atoms with Crippen LogP contribution < -0.4 is 0 Å². The molecular weight excluding hydrogens is 997 g/mol. The largest absolute Gasteiger partial charge is 0.309 e. The van der Waals surface area contributed by atoms with Gasteiger partial charge in [-0.25, -0.2) is 15.0 Å². The lowest BCUT2D eigenvalue weighted by Crippen LogP contribution is -2.07. The van der Waals surface area contributed by atoms with Crippen LogP contribution in [0.1, 0.15) is 22.6 Å². The van der Waals surface area contributed by atoms with Gasteiger partial charge in [0.2, 0.25) is 0 Å². The Labute approximate surface area is 472 Å². The molecule has 0 saturated heterocycles. The molecule has 0 spiro atoms. The number of hydrogen-bond donors (Lipinski definition) is 0. The molecule has 4 heterocycles. The second-order valence-electron chi connectivity index (χ2n) is 21.5. The van der Waals surface area contributed by atoms with Crippen molar-refractivity contribution in [1.82, 2.24) is 28.7 Å². The third-order valence-electron chi connectivity index (χ3n) is 17.0. The molecule has 6 nitrogen and oxygen atoms in total. The van der Waals surface area contributed by atoms with Crippen LogP contribution in [0.15, 0.2) is 285 Å². The monoisotopic (exact) mass is 1040 g/mol. The van der Waals surface area contributed by atoms with Gasteiger partial charge in [-0.1, -0.05) is 206 Å². The standard InChI is InChI=1S/C76H48N6/c1-4-20-48(21-5-1)74-77-75(49-22-6-2-7-23-49)79-76(78-74)66-44-50(51-36-40-62-61-30-14-15-31-67(61)80(72(62)45-51)52-24-8-3-9-25-52)37-41-63(66)73-64-46-53(81-68-32-16-10-26-57(68)58-27-11-17-33-69(58)81)38-42-55(64)56-43-39-54(47-65(56)73)82-70-34-18-12-28-59(70)60-29-13-19-35-71(60)82/h1-47,73H. The molecule has 0 fully saturated rings. The molecule has 0 radical (unpaired) electrons. The van der Waals surface area contributed by atoms with Crippen LogP contribution >= 0.6 is 0 Å². The highest BCUT2D eigenvalue weighted by Gasteiger charge is 2.34. The molecule has 1 aliphatic rings. The van der Waals surface area contributed by atoms with Crippen LogP contribution in [0.2, 0.25) is 0 Å². The highest BCUT2D eigenvalue weighted by atomic mass is 15.0. The van der Waals surface area contributed by atoms with E-state index in [4.69, 9.17) is 15.0 Å². The van der Waals surface area contributed by atoms with E-state index in [-0.39, 0.29) is 5.92 Å². The van der Waals surface area contributed by atoms with E-state index in [1.165, 1.54) is 82.2 Å². The highest BCUT2D eigenvalue weighted by molar-refractivity contribution is 6.12. The van der Waals surface area contributed by atoms with E-state index < -0.39 is 0 Å². The Morgan fingerprint density at radius 3 is 1.05 bits per heavy atom. The first-order chi connectivity index (χ1) is 40.7. The van der Waals surface area contributed by atoms with Gasteiger partial charge in [0, 0.05) is 72.0 Å². The Bertz CT molecular complexity index is 4900. The highest BCUT2D eigenvalue weighted by Crippen LogP contribution is 2.53. The van der Waals surface area contributed by atoms with Crippen LogP contribution in [-0.4, -0.2) is 28.7 Å². The summed E-state index contributed by atoms with van der Waals surface area (Å²) < 4.78 is 7.27. The van der Waals surface area contributed by atoms with E-state index in [1.807, 2.05) is 36.4 Å². The molecule has 17 rings (SSSR count). The smallest absolute Gasteiger partial charge is 0.164 e. The van der Waals surface area contributed by atoms with Gasteiger partial charge >= 0.3 is 0 Å². The molecule has 4 aromatic heterocycles. The molecule has 0 saturated carbocycles. The molecule has 0 N–H and O–H groups in total. The summed E-state index contributed by atoms with van der Waals surface area (Å²) in [7, 11) is 0. The zero-order chi connectivity index (χ0) is 53.8. The lowest BCUT2D eigenvalue weighted by molar-refractivity contribution is 0.993. The fraction of sp³-hybridized carbons (Fsp3) is 0.0132. The fourth-order valence-electron chi connectivity index (χ4n) is 13.4. The van der Waals surface area contributed by atoms with Crippen molar-refractivity contribution in [3.8, 4) is 73.5 Å². The molecule has 0 amide bonds. The molecule has 0 unspecified atom stereocenters. The van der Waals surface area contributed by atoms with Crippen LogP contribution in [-0.2, 0) is 0 Å². The van der Waals surface area contributed by atoms with Gasteiger partial charge in [0.25, 0.3) is 0 Å². The van der Waals surface area contributed by atoms with Gasteiger partial charge in [-0.3, -0.25) is 0 Å². The number of benzene rings is 12. The number of para-hydroxylation sites is 6. The van der Waals surface area contributed by atoms with Gasteiger partial charge in [0.1, 0.15) is 0 Å². The third-order valence-corrected chi connectivity index (χ3v) is 17.0. The van der Waals surface area contributed by atoms with Crippen LogP contribution in [0.4, 0.5) is 0 Å². The number of hydrogen-bond acceptors (Lipinski definition) is 3. The first-order valence-corrected chi connectivity index (χ1v) is 28.0. The van der Waals surface area contributed by atoms with E-state index in [9.17, 15) is 0 Å². The van der Waals surface area contributed by atoms with Gasteiger partial charge in [0.15, 0.2) is 17.5 Å². The average Bonchev–Trinajstić information content (AvgIpc) is 4.35. The number of rotatable bonds is 8. The molecule has 12 aromatic carbocycles. The maximum atomic E-state index is 5.53. The van der Waals surface area contributed by atoms with Crippen molar-refractivity contribution in [2.75, 3.05) is 0 Å². The van der Waals surface area contributed by atoms with Crippen molar-refractivity contribution in [2.24, 2.45) is 0 Å². The van der Waals surface area contributed by atoms with Crippen molar-refractivity contribution < 1.29 is 0 Å². The van der Waals surface area contributed by atoms with Crippen molar-refractivity contribution in [3.63, 3.8) is 0 Å². The molecule has 382 valence electrons. The van der Waals surface area contributed by atoms with E-state index in [1.54, 1.807) is 0 Å². The van der Waals surface area contributed by atoms with Crippen LogP contribution in [0.25, 0.3) is 139 Å². The van der Waals surface area contributed by atoms with E-state index in [2.05, 4.69) is 262 Å². The minimum atomic E-state index is -0.240. The van der Waals surface area contributed by atoms with E-state index in [0.29, 0.717) is 17.5 Å². The lowest BCUT2D eigenvalue weighted by Gasteiger charge is -2.21. The minimum Gasteiger partial charge on any atom is -0.309 e. The van der Waals surface area contributed by atoms with E-state index >= 15 is 0 Å². The van der Waals surface area contributed by atoms with Crippen LogP contribution in [0, 0.1) is 0 Å². The summed E-state index contributed by atoms with van der Waals surface area (Å²) in [5.74, 6) is 1.60. The maximum absolute atomic E-state index is 5.53. The van der Waals surface area contributed by atoms with Crippen molar-refractivity contribution in [2.45, 2.75) is 5.92 Å². The Kier molecular flexibility index (Phi) is 10.3. The predicted molar refractivity (Wildman–Crippen MR) is 337 cm³/mol. The summed E-state index contributed by atoms with van der Waals surface area (Å²) >= 11 is 0. The second kappa shape index (κ2) is 18.3. The lowest BCUT2D eigenvalue weighted by atomic mass is 9.84. The Morgan fingerprint density at radius 1 is 0.220 bits per heavy atom. The topological polar surface area (TPSA) is 53.5 Å². The molecule has 6 heteroatoms. The molecule has 0 bridgehead atoms. The first kappa shape index (κ1) is 46.0. The summed E-state index contributed by atoms with van der Waals surface area (Å²) in [6, 6.07) is 103. The van der Waals surface area contributed by atoms with Gasteiger partial charge in [-0.05, 0) is 118 Å². The zero-order valence-electron chi connectivity index (χ0n) is 44.4. The molecular formula is C76H48N6. The summed E-state index contributed by atoms with van der Waals surface area (Å²) in [5.41, 5.74) is 21.2. The first-order valence-electron chi connectivity index (χ1n) is 28.0. The summed E-state index contributed by atoms with van der Waals surface area (Å²) in [4.78, 5) is 16.3. The molecule has 0 atom stereocenters. The Hall–Kier alpha value is -11.0. The average molecular weight is 1050 g/mol. The predicted octanol–water partition coefficient (Wildman–Crippen LogP) is 19.0. The van der Waals surface area contributed by atoms with Crippen molar-refractivity contribution in [3.05, 3.63) is 302 Å². The van der Waals surface area contributed by atoms with Crippen molar-refractivity contribution in [1.29, 1.82) is 0 Å². The van der Waals surface area contributed by atoms with Gasteiger partial charge < -0.3 is 13.7 Å². The number of fused-ring (bicyclic) bond motifs is 12. The van der Waals surface area contributed by atoms with Crippen LogP contribution in [0.3, 0.4) is 0 Å². The normalized spacial score (nSPS) is 12.3. The summed E-state index contributed by atoms with van der Waals surface area (Å²) in [5, 5.41) is 7.34. The van der Waals surface area contributed by atoms with E-state index in [0.717, 1.165) is 56.0 Å². The maximum Gasteiger partial charge on any atom is 0.164 e. The number of aromatic nitrogens is 6. The van der Waals surface area contributed by atoms with Gasteiger partial charge in [-0.2, -0.15) is 0 Å². The SMILES string of the molecule is c1ccc(-c2nc(-c3ccccc3)nc(-c3cc(-c4ccc5c6ccccc6n(-c6ccccc6)c5c4)ccc3C3c4cc(-n5c6ccccc6c6ccccc65)ccc4-c4ccc(-n5c6ccccc6c6ccccc65)cc43)n2)cc1. The quantitative estimate of drug-likeness (QED) is 0.152. The van der Waals surface area contributed by atoms with Crippen molar-refractivity contribution >= 4 is 65.4 Å². The Morgan fingerprint density at radius 2 is 0.585 bits per heavy atom. The third kappa shape index (κ3) is 7.11. The summed E-state index contributed by atoms with van der Waals surface area (Å²) in [6.45, 7) is 0. The molecule has 0 aliphatic heterocycles. The molecule has 16 aromatic rings. The summed E-state index contributed by atoms with van der Waals surface area (Å²) in [6.07, 6.45) is 0.